The van der Waals surface area contributed by atoms with Crippen LogP contribution in [0.5, 0.6) is 0 Å². The van der Waals surface area contributed by atoms with Crippen LogP contribution in [0.2, 0.25) is 0 Å². The van der Waals surface area contributed by atoms with Gasteiger partial charge >= 0.3 is 0 Å². The van der Waals surface area contributed by atoms with Crippen molar-refractivity contribution >= 4 is 39.2 Å². The summed E-state index contributed by atoms with van der Waals surface area (Å²) in [6, 6.07) is 4.49. The molecule has 0 unspecified atom stereocenters. The van der Waals surface area contributed by atoms with Crippen LogP contribution in [0.3, 0.4) is 0 Å². The highest BCUT2D eigenvalue weighted by atomic mass is 79.9. The van der Waals surface area contributed by atoms with Gasteiger partial charge in [-0.05, 0) is 49.2 Å². The van der Waals surface area contributed by atoms with Gasteiger partial charge in [0.25, 0.3) is 0 Å². The van der Waals surface area contributed by atoms with E-state index in [9.17, 15) is 9.18 Å². The predicted molar refractivity (Wildman–Crippen MR) is 89.3 cm³/mol. The second kappa shape index (κ2) is 6.27. The third kappa shape index (κ3) is 3.33. The molecule has 2 aromatic rings. The third-order valence-electron chi connectivity index (χ3n) is 3.23. The largest absolute Gasteiger partial charge is 0.396 e. The molecule has 0 fully saturated rings. The molecule has 0 saturated carbocycles. The summed E-state index contributed by atoms with van der Waals surface area (Å²) in [4.78, 5) is 16.0. The van der Waals surface area contributed by atoms with Gasteiger partial charge in [-0.1, -0.05) is 15.9 Å². The summed E-state index contributed by atoms with van der Waals surface area (Å²) >= 11 is 3.23. The zero-order valence-electron chi connectivity index (χ0n) is 12.2. The molecule has 1 aromatic carbocycles. The summed E-state index contributed by atoms with van der Waals surface area (Å²) in [5.41, 5.74) is 14.3. The molecule has 114 valence electrons. The standard InChI is InChI=1S/C16H15BrFN3O/c1-8-3-9(2)21-7-10(8)4-12(16(20)22)11-5-15(19)14(18)6-13(11)17/h3-7H,19H2,1-2H3,(H2,20,22)/b12-4-. The summed E-state index contributed by atoms with van der Waals surface area (Å²) in [6.45, 7) is 3.79. The van der Waals surface area contributed by atoms with Crippen molar-refractivity contribution in [1.29, 1.82) is 0 Å². The maximum absolute atomic E-state index is 13.5. The fraction of sp³-hybridized carbons (Fsp3) is 0.125. The van der Waals surface area contributed by atoms with E-state index in [1.165, 1.54) is 12.1 Å². The number of hydrogen-bond donors (Lipinski definition) is 2. The molecule has 0 saturated heterocycles. The molecule has 1 aromatic heterocycles. The molecule has 0 aliphatic carbocycles. The van der Waals surface area contributed by atoms with Gasteiger partial charge in [0.1, 0.15) is 5.82 Å². The topological polar surface area (TPSA) is 82.0 Å². The highest BCUT2D eigenvalue weighted by molar-refractivity contribution is 9.10. The molecule has 0 spiro atoms. The number of hydrogen-bond acceptors (Lipinski definition) is 3. The van der Waals surface area contributed by atoms with Crippen molar-refractivity contribution in [3.63, 3.8) is 0 Å². The van der Waals surface area contributed by atoms with Crippen molar-refractivity contribution in [3.8, 4) is 0 Å². The lowest BCUT2D eigenvalue weighted by atomic mass is 10.00. The average molecular weight is 364 g/mol. The van der Waals surface area contributed by atoms with E-state index in [0.29, 0.717) is 10.0 Å². The fourth-order valence-electron chi connectivity index (χ4n) is 2.07. The number of carbonyl (C=O) groups excluding carboxylic acids is 1. The van der Waals surface area contributed by atoms with Crippen LogP contribution in [0.4, 0.5) is 10.1 Å². The number of aryl methyl sites for hydroxylation is 2. The monoisotopic (exact) mass is 363 g/mol. The molecule has 0 bridgehead atoms. The lowest BCUT2D eigenvalue weighted by Crippen LogP contribution is -2.14. The summed E-state index contributed by atoms with van der Waals surface area (Å²) in [5, 5.41) is 0. The Hall–Kier alpha value is -2.21. The molecule has 4 nitrogen and oxygen atoms in total. The quantitative estimate of drug-likeness (QED) is 0.648. The lowest BCUT2D eigenvalue weighted by Gasteiger charge is -2.10. The molecule has 6 heteroatoms. The van der Waals surface area contributed by atoms with Gasteiger partial charge in [-0.3, -0.25) is 9.78 Å². The zero-order chi connectivity index (χ0) is 16.4. The van der Waals surface area contributed by atoms with Crippen molar-refractivity contribution < 1.29 is 9.18 Å². The van der Waals surface area contributed by atoms with Crippen LogP contribution in [-0.4, -0.2) is 10.9 Å². The van der Waals surface area contributed by atoms with E-state index in [1.54, 1.807) is 12.3 Å². The van der Waals surface area contributed by atoms with E-state index >= 15 is 0 Å². The van der Waals surface area contributed by atoms with Gasteiger partial charge in [-0.25, -0.2) is 4.39 Å². The molecule has 0 aliphatic heterocycles. The minimum atomic E-state index is -0.633. The second-order valence-corrected chi connectivity index (χ2v) is 5.81. The van der Waals surface area contributed by atoms with Gasteiger partial charge < -0.3 is 11.5 Å². The van der Waals surface area contributed by atoms with E-state index in [1.807, 2.05) is 19.9 Å². The first-order valence-electron chi connectivity index (χ1n) is 6.49. The van der Waals surface area contributed by atoms with Gasteiger partial charge in [0, 0.05) is 27.5 Å². The number of pyridine rings is 1. The first-order chi connectivity index (χ1) is 10.3. The lowest BCUT2D eigenvalue weighted by molar-refractivity contribution is -0.112. The van der Waals surface area contributed by atoms with E-state index in [4.69, 9.17) is 11.5 Å². The number of nitrogens with zero attached hydrogens (tertiary/aromatic N) is 1. The summed E-state index contributed by atoms with van der Waals surface area (Å²) < 4.78 is 13.9. The Morgan fingerprint density at radius 1 is 1.32 bits per heavy atom. The SMILES string of the molecule is Cc1cc(C)c(/C=C(\C(N)=O)c2cc(N)c(F)cc2Br)cn1. The number of amides is 1. The van der Waals surface area contributed by atoms with E-state index in [-0.39, 0.29) is 11.3 Å². The van der Waals surface area contributed by atoms with Gasteiger partial charge in [0.15, 0.2) is 0 Å². The van der Waals surface area contributed by atoms with Gasteiger partial charge in [0.2, 0.25) is 5.91 Å². The summed E-state index contributed by atoms with van der Waals surface area (Å²) in [7, 11) is 0. The smallest absolute Gasteiger partial charge is 0.249 e. The molecule has 22 heavy (non-hydrogen) atoms. The normalized spacial score (nSPS) is 11.5. The highest BCUT2D eigenvalue weighted by Gasteiger charge is 2.15. The number of primary amides is 1. The van der Waals surface area contributed by atoms with E-state index in [2.05, 4.69) is 20.9 Å². The number of benzene rings is 1. The van der Waals surface area contributed by atoms with Crippen LogP contribution in [0.1, 0.15) is 22.4 Å². The molecule has 0 atom stereocenters. The molecular formula is C16H15BrFN3O. The number of anilines is 1. The fourth-order valence-corrected chi connectivity index (χ4v) is 2.60. The Balaban J connectivity index is 2.63. The molecular weight excluding hydrogens is 349 g/mol. The van der Waals surface area contributed by atoms with Gasteiger partial charge in [-0.15, -0.1) is 0 Å². The van der Waals surface area contributed by atoms with Crippen LogP contribution in [0, 0.1) is 19.7 Å². The van der Waals surface area contributed by atoms with Crippen molar-refractivity contribution in [3.05, 3.63) is 57.1 Å². The van der Waals surface area contributed by atoms with Crippen LogP contribution >= 0.6 is 15.9 Å². The molecule has 1 heterocycles. The van der Waals surface area contributed by atoms with Crippen molar-refractivity contribution in [1.82, 2.24) is 4.98 Å². The van der Waals surface area contributed by atoms with Crippen molar-refractivity contribution in [2.75, 3.05) is 5.73 Å². The molecule has 1 amide bonds. The summed E-state index contributed by atoms with van der Waals surface area (Å²) in [5.74, 6) is -1.20. The maximum Gasteiger partial charge on any atom is 0.249 e. The minimum absolute atomic E-state index is 0.0518. The van der Waals surface area contributed by atoms with Crippen LogP contribution in [0.25, 0.3) is 11.6 Å². The summed E-state index contributed by atoms with van der Waals surface area (Å²) in [6.07, 6.45) is 3.29. The Kier molecular flexibility index (Phi) is 4.61. The second-order valence-electron chi connectivity index (χ2n) is 4.96. The number of carbonyl (C=O) groups is 1. The molecule has 4 N–H and O–H groups in total. The van der Waals surface area contributed by atoms with Gasteiger partial charge in [-0.2, -0.15) is 0 Å². The molecule has 2 rings (SSSR count). The van der Waals surface area contributed by atoms with E-state index in [0.717, 1.165) is 16.8 Å². The number of aromatic nitrogens is 1. The number of rotatable bonds is 3. The third-order valence-corrected chi connectivity index (χ3v) is 3.89. The highest BCUT2D eigenvalue weighted by Crippen LogP contribution is 2.30. The van der Waals surface area contributed by atoms with Crippen molar-refractivity contribution in [2.45, 2.75) is 13.8 Å². The number of halogens is 2. The molecule has 0 radical (unpaired) electrons. The average Bonchev–Trinajstić information content (AvgIpc) is 2.42. The minimum Gasteiger partial charge on any atom is -0.396 e. The first-order valence-corrected chi connectivity index (χ1v) is 7.28. The number of nitrogens with two attached hydrogens (primary N) is 2. The Labute approximate surface area is 136 Å². The van der Waals surface area contributed by atoms with Crippen LogP contribution in [-0.2, 0) is 4.79 Å². The van der Waals surface area contributed by atoms with Crippen molar-refractivity contribution in [2.24, 2.45) is 5.73 Å². The van der Waals surface area contributed by atoms with Crippen LogP contribution in [0.15, 0.2) is 28.9 Å². The van der Waals surface area contributed by atoms with Crippen LogP contribution < -0.4 is 11.5 Å². The predicted octanol–water partition coefficient (Wildman–Crippen LogP) is 3.21. The Morgan fingerprint density at radius 2 is 2.00 bits per heavy atom. The maximum atomic E-state index is 13.5. The Morgan fingerprint density at radius 3 is 2.59 bits per heavy atom. The van der Waals surface area contributed by atoms with Gasteiger partial charge in [0.05, 0.1) is 5.69 Å². The van der Waals surface area contributed by atoms with E-state index < -0.39 is 11.7 Å². The Bertz CT molecular complexity index is 787. The zero-order valence-corrected chi connectivity index (χ0v) is 13.7. The molecule has 0 aliphatic rings. The first kappa shape index (κ1) is 16.2. The number of nitrogen functional groups attached to an aromatic ring is 1.